The van der Waals surface area contributed by atoms with Crippen LogP contribution in [0.2, 0.25) is 0 Å². The Balaban J connectivity index is 1.77. The summed E-state index contributed by atoms with van der Waals surface area (Å²) in [5.41, 5.74) is 4.37. The highest BCUT2D eigenvalue weighted by Gasteiger charge is 2.21. The van der Waals surface area contributed by atoms with Gasteiger partial charge in [-0.1, -0.05) is 92.7 Å². The van der Waals surface area contributed by atoms with Crippen LogP contribution in [0.25, 0.3) is 22.2 Å². The van der Waals surface area contributed by atoms with Crippen molar-refractivity contribution in [2.24, 2.45) is 5.92 Å². The molecule has 0 bridgehead atoms. The third-order valence-corrected chi connectivity index (χ3v) is 5.14. The van der Waals surface area contributed by atoms with E-state index < -0.39 is 0 Å². The number of amides is 1. The Bertz CT molecular complexity index is 1120. The van der Waals surface area contributed by atoms with Crippen molar-refractivity contribution < 1.29 is 4.79 Å². The lowest BCUT2D eigenvalue weighted by Crippen LogP contribution is -2.32. The number of nitrogens with zero attached hydrogens (tertiary/aromatic N) is 1. The van der Waals surface area contributed by atoms with Gasteiger partial charge in [-0.3, -0.25) is 4.79 Å². The van der Waals surface area contributed by atoms with E-state index in [9.17, 15) is 4.79 Å². The van der Waals surface area contributed by atoms with Gasteiger partial charge in [0.15, 0.2) is 0 Å². The van der Waals surface area contributed by atoms with Gasteiger partial charge in [0.2, 0.25) is 0 Å². The Morgan fingerprint density at radius 2 is 1.45 bits per heavy atom. The molecule has 0 aliphatic rings. The van der Waals surface area contributed by atoms with Crippen molar-refractivity contribution in [2.75, 3.05) is 0 Å². The van der Waals surface area contributed by atoms with Crippen LogP contribution in [-0.2, 0) is 0 Å². The maximum atomic E-state index is 13.4. The summed E-state index contributed by atoms with van der Waals surface area (Å²) in [6, 6.07) is 29.7. The van der Waals surface area contributed by atoms with Gasteiger partial charge in [-0.2, -0.15) is 0 Å². The van der Waals surface area contributed by atoms with Crippen molar-refractivity contribution in [3.8, 4) is 11.3 Å². The van der Waals surface area contributed by atoms with Gasteiger partial charge in [0.25, 0.3) is 5.91 Å². The minimum Gasteiger partial charge on any atom is -0.345 e. The van der Waals surface area contributed by atoms with Gasteiger partial charge in [0.1, 0.15) is 0 Å². The summed E-state index contributed by atoms with van der Waals surface area (Å²) in [7, 11) is 0. The summed E-state index contributed by atoms with van der Waals surface area (Å²) in [6.07, 6.45) is 0. The Kier molecular flexibility index (Phi) is 5.39. The number of carbonyl (C=O) groups excluding carboxylic acids is 1. The van der Waals surface area contributed by atoms with Crippen LogP contribution in [0.15, 0.2) is 91.0 Å². The van der Waals surface area contributed by atoms with Crippen molar-refractivity contribution in [1.29, 1.82) is 0 Å². The molecule has 3 nitrogen and oxygen atoms in total. The molecule has 1 N–H and O–H groups in total. The first-order chi connectivity index (χ1) is 14.1. The molecule has 0 unspecified atom stereocenters. The van der Waals surface area contributed by atoms with Gasteiger partial charge < -0.3 is 5.32 Å². The molecule has 0 radical (unpaired) electrons. The van der Waals surface area contributed by atoms with E-state index in [1.54, 1.807) is 0 Å². The third kappa shape index (κ3) is 4.04. The van der Waals surface area contributed by atoms with Crippen LogP contribution in [0.1, 0.15) is 35.8 Å². The van der Waals surface area contributed by atoms with Crippen LogP contribution in [-0.4, -0.2) is 10.9 Å². The molecule has 144 valence electrons. The average molecular weight is 380 g/mol. The van der Waals surface area contributed by atoms with Crippen molar-refractivity contribution in [3.05, 3.63) is 102 Å². The van der Waals surface area contributed by atoms with E-state index in [0.29, 0.717) is 5.56 Å². The predicted octanol–water partition coefficient (Wildman–Crippen LogP) is 6.03. The number of para-hydroxylation sites is 1. The molecule has 0 spiro atoms. The number of benzene rings is 3. The van der Waals surface area contributed by atoms with E-state index in [-0.39, 0.29) is 17.9 Å². The van der Waals surface area contributed by atoms with Gasteiger partial charge in [-0.05, 0) is 23.6 Å². The van der Waals surface area contributed by atoms with E-state index in [0.717, 1.165) is 27.7 Å². The summed E-state index contributed by atoms with van der Waals surface area (Å²) < 4.78 is 0. The number of hydrogen-bond acceptors (Lipinski definition) is 2. The minimum absolute atomic E-state index is 0.0594. The summed E-state index contributed by atoms with van der Waals surface area (Å²) in [5, 5.41) is 4.11. The van der Waals surface area contributed by atoms with E-state index in [2.05, 4.69) is 31.3 Å². The van der Waals surface area contributed by atoms with Crippen LogP contribution in [0.3, 0.4) is 0 Å². The zero-order valence-electron chi connectivity index (χ0n) is 16.7. The summed E-state index contributed by atoms with van der Waals surface area (Å²) in [6.45, 7) is 4.25. The first kappa shape index (κ1) is 18.9. The van der Waals surface area contributed by atoms with Gasteiger partial charge in [0.05, 0.1) is 22.8 Å². The van der Waals surface area contributed by atoms with Gasteiger partial charge in [-0.15, -0.1) is 0 Å². The molecule has 1 amide bonds. The number of rotatable bonds is 5. The minimum atomic E-state index is -0.0802. The SMILES string of the molecule is CC(C)[C@H](NC(=O)c1cc(-c2ccccc2)nc2ccccc12)c1ccccc1. The fraction of sp³-hybridized carbons (Fsp3) is 0.154. The second-order valence-corrected chi connectivity index (χ2v) is 7.54. The van der Waals surface area contributed by atoms with Crippen LogP contribution >= 0.6 is 0 Å². The largest absolute Gasteiger partial charge is 0.345 e. The summed E-state index contributed by atoms with van der Waals surface area (Å²) in [5.74, 6) is 0.186. The third-order valence-electron chi connectivity index (χ3n) is 5.14. The number of pyridine rings is 1. The zero-order valence-corrected chi connectivity index (χ0v) is 16.7. The predicted molar refractivity (Wildman–Crippen MR) is 119 cm³/mol. The second kappa shape index (κ2) is 8.27. The molecule has 0 aliphatic carbocycles. The van der Waals surface area contributed by atoms with Crippen LogP contribution < -0.4 is 5.32 Å². The molecule has 0 aliphatic heterocycles. The highest BCUT2D eigenvalue weighted by molar-refractivity contribution is 6.07. The lowest BCUT2D eigenvalue weighted by Gasteiger charge is -2.23. The molecule has 1 atom stereocenters. The molecule has 0 saturated heterocycles. The quantitative estimate of drug-likeness (QED) is 0.459. The number of nitrogens with one attached hydrogen (secondary N) is 1. The summed E-state index contributed by atoms with van der Waals surface area (Å²) in [4.78, 5) is 18.2. The molecule has 3 heteroatoms. The molecule has 3 aromatic carbocycles. The van der Waals surface area contributed by atoms with E-state index in [1.807, 2.05) is 78.9 Å². The summed E-state index contributed by atoms with van der Waals surface area (Å²) >= 11 is 0. The lowest BCUT2D eigenvalue weighted by atomic mass is 9.95. The van der Waals surface area contributed by atoms with Crippen LogP contribution in [0.4, 0.5) is 0 Å². The Morgan fingerprint density at radius 3 is 2.14 bits per heavy atom. The van der Waals surface area contributed by atoms with Crippen molar-refractivity contribution in [2.45, 2.75) is 19.9 Å². The Morgan fingerprint density at radius 1 is 0.828 bits per heavy atom. The molecular formula is C26H24N2O. The normalized spacial score (nSPS) is 12.1. The molecule has 0 fully saturated rings. The van der Waals surface area contributed by atoms with E-state index >= 15 is 0 Å². The maximum Gasteiger partial charge on any atom is 0.252 e. The fourth-order valence-electron chi connectivity index (χ4n) is 3.63. The highest BCUT2D eigenvalue weighted by atomic mass is 16.1. The molecule has 1 aromatic heterocycles. The van der Waals surface area contributed by atoms with Crippen molar-refractivity contribution in [3.63, 3.8) is 0 Å². The smallest absolute Gasteiger partial charge is 0.252 e. The number of fused-ring (bicyclic) bond motifs is 1. The first-order valence-electron chi connectivity index (χ1n) is 9.94. The van der Waals surface area contributed by atoms with Gasteiger partial charge in [-0.25, -0.2) is 4.98 Å². The van der Waals surface area contributed by atoms with E-state index in [1.165, 1.54) is 0 Å². The van der Waals surface area contributed by atoms with Gasteiger partial charge >= 0.3 is 0 Å². The molecule has 4 aromatic rings. The van der Waals surface area contributed by atoms with Gasteiger partial charge in [0, 0.05) is 10.9 Å². The maximum absolute atomic E-state index is 13.4. The number of carbonyl (C=O) groups is 1. The molecular weight excluding hydrogens is 356 g/mol. The van der Waals surface area contributed by atoms with Crippen molar-refractivity contribution in [1.82, 2.24) is 10.3 Å². The van der Waals surface area contributed by atoms with Crippen LogP contribution in [0.5, 0.6) is 0 Å². The zero-order chi connectivity index (χ0) is 20.2. The monoisotopic (exact) mass is 380 g/mol. The topological polar surface area (TPSA) is 42.0 Å². The van der Waals surface area contributed by atoms with Crippen molar-refractivity contribution >= 4 is 16.8 Å². The molecule has 0 saturated carbocycles. The Hall–Kier alpha value is -3.46. The van der Waals surface area contributed by atoms with E-state index in [4.69, 9.17) is 4.98 Å². The highest BCUT2D eigenvalue weighted by Crippen LogP contribution is 2.27. The molecule has 4 rings (SSSR count). The Labute approximate surface area is 171 Å². The van der Waals surface area contributed by atoms with Crippen LogP contribution in [0, 0.1) is 5.92 Å². The lowest BCUT2D eigenvalue weighted by molar-refractivity contribution is 0.0927. The molecule has 1 heterocycles. The molecule has 29 heavy (non-hydrogen) atoms. The number of hydrogen-bond donors (Lipinski definition) is 1. The standard InChI is InChI=1S/C26H24N2O/c1-18(2)25(20-13-7-4-8-14-20)28-26(29)22-17-24(19-11-5-3-6-12-19)27-23-16-10-9-15-21(22)23/h3-18,25H,1-2H3,(H,28,29)/t25-/m0/s1. The number of aromatic nitrogens is 1. The first-order valence-corrected chi connectivity index (χ1v) is 9.94. The average Bonchev–Trinajstić information content (AvgIpc) is 2.77. The second-order valence-electron chi connectivity index (χ2n) is 7.54. The fourth-order valence-corrected chi connectivity index (χ4v) is 3.63.